The molecular formula is C19H21N5O3. The Morgan fingerprint density at radius 3 is 2.89 bits per heavy atom. The minimum absolute atomic E-state index is 0.103. The predicted octanol–water partition coefficient (Wildman–Crippen LogP) is 2.20. The molecule has 2 N–H and O–H groups in total. The van der Waals surface area contributed by atoms with Crippen LogP contribution in [-0.4, -0.2) is 37.2 Å². The molecule has 0 spiro atoms. The van der Waals surface area contributed by atoms with Crippen LogP contribution in [0, 0.1) is 5.92 Å². The number of amides is 1. The van der Waals surface area contributed by atoms with Gasteiger partial charge in [0.1, 0.15) is 5.69 Å². The summed E-state index contributed by atoms with van der Waals surface area (Å²) in [7, 11) is 0. The van der Waals surface area contributed by atoms with Gasteiger partial charge in [0.2, 0.25) is 5.76 Å². The number of nitrogens with one attached hydrogen (secondary N) is 1. The van der Waals surface area contributed by atoms with Crippen molar-refractivity contribution in [2.75, 3.05) is 0 Å². The second-order valence-corrected chi connectivity index (χ2v) is 6.97. The van der Waals surface area contributed by atoms with Gasteiger partial charge in [-0.05, 0) is 25.7 Å². The van der Waals surface area contributed by atoms with E-state index < -0.39 is 6.10 Å². The summed E-state index contributed by atoms with van der Waals surface area (Å²) in [4.78, 5) is 12.4. The second kappa shape index (κ2) is 7.32. The third-order valence-electron chi connectivity index (χ3n) is 4.88. The van der Waals surface area contributed by atoms with Crippen LogP contribution < -0.4 is 5.32 Å². The lowest BCUT2D eigenvalue weighted by atomic mass is 9.80. The van der Waals surface area contributed by atoms with Crippen LogP contribution in [0.3, 0.4) is 0 Å². The molecule has 0 saturated heterocycles. The number of nitrogens with zero attached hydrogens (tertiary/aromatic N) is 4. The summed E-state index contributed by atoms with van der Waals surface area (Å²) < 4.78 is 6.92. The zero-order chi connectivity index (χ0) is 18.8. The molecule has 140 valence electrons. The SMILES string of the molecule is C[C@H](O)c1cnnn1CC1CC(NC(=O)c2cc(-c3ccccc3)no2)C1. The highest BCUT2D eigenvalue weighted by Crippen LogP contribution is 2.30. The average molecular weight is 367 g/mol. The number of carbonyl (C=O) groups excluding carboxylic acids is 1. The van der Waals surface area contributed by atoms with Crippen LogP contribution in [0.5, 0.6) is 0 Å². The van der Waals surface area contributed by atoms with E-state index in [0.717, 1.165) is 18.4 Å². The first-order valence-corrected chi connectivity index (χ1v) is 8.99. The normalized spacial score (nSPS) is 20.1. The topological polar surface area (TPSA) is 106 Å². The zero-order valence-corrected chi connectivity index (χ0v) is 14.9. The lowest BCUT2D eigenvalue weighted by Crippen LogP contribution is -2.45. The molecule has 4 rings (SSSR count). The predicted molar refractivity (Wildman–Crippen MR) is 96.6 cm³/mol. The van der Waals surface area contributed by atoms with Crippen molar-refractivity contribution in [2.45, 2.75) is 38.5 Å². The standard InChI is InChI=1S/C19H21N5O3/c1-12(25)17-10-20-23-24(17)11-13-7-15(8-13)21-19(26)18-9-16(22-27-18)14-5-3-2-4-6-14/h2-6,9-10,12-13,15,25H,7-8,11H2,1H3,(H,21,26)/t12-,13?,15?/m0/s1. The Hall–Kier alpha value is -3.00. The van der Waals surface area contributed by atoms with Crippen LogP contribution in [0.15, 0.2) is 47.1 Å². The van der Waals surface area contributed by atoms with Crippen LogP contribution in [0.4, 0.5) is 0 Å². The molecule has 1 amide bonds. The van der Waals surface area contributed by atoms with Crippen LogP contribution >= 0.6 is 0 Å². The molecule has 3 aromatic rings. The molecular weight excluding hydrogens is 346 g/mol. The number of hydrogen-bond donors (Lipinski definition) is 2. The van der Waals surface area contributed by atoms with E-state index >= 15 is 0 Å². The number of aliphatic hydroxyl groups excluding tert-OH is 1. The largest absolute Gasteiger partial charge is 0.387 e. The quantitative estimate of drug-likeness (QED) is 0.692. The zero-order valence-electron chi connectivity index (χ0n) is 14.9. The first-order valence-electron chi connectivity index (χ1n) is 8.99. The lowest BCUT2D eigenvalue weighted by Gasteiger charge is -2.35. The van der Waals surface area contributed by atoms with E-state index in [-0.39, 0.29) is 17.7 Å². The van der Waals surface area contributed by atoms with E-state index in [1.165, 1.54) is 0 Å². The fourth-order valence-electron chi connectivity index (χ4n) is 3.36. The Morgan fingerprint density at radius 2 is 2.15 bits per heavy atom. The second-order valence-electron chi connectivity index (χ2n) is 6.97. The molecule has 27 heavy (non-hydrogen) atoms. The fraction of sp³-hybridized carbons (Fsp3) is 0.368. The molecule has 2 aromatic heterocycles. The van der Waals surface area contributed by atoms with Crippen molar-refractivity contribution >= 4 is 5.91 Å². The average Bonchev–Trinajstić information content (AvgIpc) is 3.30. The Labute approximate surface area is 156 Å². The summed E-state index contributed by atoms with van der Waals surface area (Å²) in [6.45, 7) is 2.38. The molecule has 1 atom stereocenters. The van der Waals surface area contributed by atoms with Gasteiger partial charge in [-0.2, -0.15) is 0 Å². The Kier molecular flexibility index (Phi) is 4.72. The molecule has 1 saturated carbocycles. The summed E-state index contributed by atoms with van der Waals surface area (Å²) in [5, 5.41) is 24.5. The lowest BCUT2D eigenvalue weighted by molar-refractivity contribution is 0.0839. The van der Waals surface area contributed by atoms with Crippen molar-refractivity contribution in [3.05, 3.63) is 54.0 Å². The summed E-state index contributed by atoms with van der Waals surface area (Å²) in [6.07, 6.45) is 2.69. The maximum Gasteiger partial charge on any atom is 0.290 e. The van der Waals surface area contributed by atoms with Crippen molar-refractivity contribution in [1.29, 1.82) is 0 Å². The van der Waals surface area contributed by atoms with Crippen LogP contribution in [0.2, 0.25) is 0 Å². The Bertz CT molecular complexity index is 912. The van der Waals surface area contributed by atoms with Gasteiger partial charge in [-0.25, -0.2) is 4.68 Å². The van der Waals surface area contributed by atoms with E-state index in [0.29, 0.717) is 23.9 Å². The molecule has 1 aliphatic rings. The minimum atomic E-state index is -0.596. The molecule has 0 bridgehead atoms. The van der Waals surface area contributed by atoms with Gasteiger partial charge in [0.25, 0.3) is 5.91 Å². The number of carbonyl (C=O) groups is 1. The maximum absolute atomic E-state index is 12.4. The Morgan fingerprint density at radius 1 is 1.37 bits per heavy atom. The van der Waals surface area contributed by atoms with Crippen molar-refractivity contribution in [2.24, 2.45) is 5.92 Å². The fourth-order valence-corrected chi connectivity index (χ4v) is 3.36. The molecule has 2 heterocycles. The summed E-state index contributed by atoms with van der Waals surface area (Å²) in [5.74, 6) is 0.354. The highest BCUT2D eigenvalue weighted by Gasteiger charge is 2.32. The van der Waals surface area contributed by atoms with Gasteiger partial charge in [-0.1, -0.05) is 40.7 Å². The van der Waals surface area contributed by atoms with Gasteiger partial charge in [0.05, 0.1) is 18.0 Å². The van der Waals surface area contributed by atoms with E-state index in [9.17, 15) is 9.90 Å². The molecule has 8 nitrogen and oxygen atoms in total. The van der Waals surface area contributed by atoms with Crippen LogP contribution in [0.1, 0.15) is 42.1 Å². The van der Waals surface area contributed by atoms with E-state index in [1.54, 1.807) is 23.9 Å². The van der Waals surface area contributed by atoms with Crippen molar-refractivity contribution in [3.8, 4) is 11.3 Å². The van der Waals surface area contributed by atoms with E-state index in [1.807, 2.05) is 30.3 Å². The monoisotopic (exact) mass is 367 g/mol. The van der Waals surface area contributed by atoms with Gasteiger partial charge in [-0.3, -0.25) is 4.79 Å². The molecule has 1 aromatic carbocycles. The van der Waals surface area contributed by atoms with Crippen LogP contribution in [-0.2, 0) is 6.54 Å². The number of aliphatic hydroxyl groups is 1. The third-order valence-corrected chi connectivity index (χ3v) is 4.88. The summed E-state index contributed by atoms with van der Waals surface area (Å²) in [6, 6.07) is 11.3. The highest BCUT2D eigenvalue weighted by atomic mass is 16.5. The summed E-state index contributed by atoms with van der Waals surface area (Å²) in [5.41, 5.74) is 2.26. The molecule has 0 radical (unpaired) electrons. The van der Waals surface area contributed by atoms with Gasteiger partial charge in [0, 0.05) is 24.2 Å². The molecule has 1 fully saturated rings. The first-order chi connectivity index (χ1) is 13.1. The van der Waals surface area contributed by atoms with Gasteiger partial charge in [0.15, 0.2) is 0 Å². The van der Waals surface area contributed by atoms with Crippen molar-refractivity contribution < 1.29 is 14.4 Å². The van der Waals surface area contributed by atoms with Crippen molar-refractivity contribution in [3.63, 3.8) is 0 Å². The van der Waals surface area contributed by atoms with E-state index in [4.69, 9.17) is 4.52 Å². The van der Waals surface area contributed by atoms with E-state index in [2.05, 4.69) is 20.8 Å². The van der Waals surface area contributed by atoms with Gasteiger partial charge >= 0.3 is 0 Å². The molecule has 8 heteroatoms. The third kappa shape index (κ3) is 3.75. The summed E-state index contributed by atoms with van der Waals surface area (Å²) >= 11 is 0. The first kappa shape index (κ1) is 17.4. The highest BCUT2D eigenvalue weighted by molar-refractivity contribution is 5.92. The minimum Gasteiger partial charge on any atom is -0.387 e. The van der Waals surface area contributed by atoms with Crippen LogP contribution in [0.25, 0.3) is 11.3 Å². The van der Waals surface area contributed by atoms with Crippen molar-refractivity contribution in [1.82, 2.24) is 25.5 Å². The molecule has 0 aliphatic heterocycles. The number of aromatic nitrogens is 4. The number of rotatable bonds is 6. The smallest absolute Gasteiger partial charge is 0.290 e. The van der Waals surface area contributed by atoms with Gasteiger partial charge < -0.3 is 14.9 Å². The molecule has 0 unspecified atom stereocenters. The molecule has 1 aliphatic carbocycles. The number of benzene rings is 1. The van der Waals surface area contributed by atoms with Gasteiger partial charge in [-0.15, -0.1) is 5.10 Å². The maximum atomic E-state index is 12.4. The Balaban J connectivity index is 1.29. The number of hydrogen-bond acceptors (Lipinski definition) is 6.